The quantitative estimate of drug-likeness (QED) is 0.375. The van der Waals surface area contributed by atoms with Crippen LogP contribution in [0, 0.1) is 5.82 Å². The average Bonchev–Trinajstić information content (AvgIpc) is 3.27. The van der Waals surface area contributed by atoms with Crippen LogP contribution in [0.25, 0.3) is 32.8 Å². The van der Waals surface area contributed by atoms with Gasteiger partial charge in [0, 0.05) is 55.3 Å². The molecule has 7 rings (SSSR count). The van der Waals surface area contributed by atoms with E-state index in [0.29, 0.717) is 40.7 Å². The first-order valence-electron chi connectivity index (χ1n) is 14.2. The highest BCUT2D eigenvalue weighted by atomic mass is 19.1. The van der Waals surface area contributed by atoms with E-state index in [0.717, 1.165) is 74.1 Å². The van der Waals surface area contributed by atoms with E-state index in [1.165, 1.54) is 0 Å². The monoisotopic (exact) mass is 526 g/mol. The predicted molar refractivity (Wildman–Crippen MR) is 155 cm³/mol. The Morgan fingerprint density at radius 2 is 1.64 bits per heavy atom. The molecular weight excluding hydrogens is 491 g/mol. The number of phenolic OH excluding ortho intramolecular Hbond substituents is 1. The largest absolute Gasteiger partial charge is 0.508 e. The summed E-state index contributed by atoms with van der Waals surface area (Å²) in [6.45, 7) is 9.83. The second-order valence-electron chi connectivity index (χ2n) is 11.2. The van der Waals surface area contributed by atoms with Crippen molar-refractivity contribution in [3.05, 3.63) is 54.3 Å². The summed E-state index contributed by atoms with van der Waals surface area (Å²) >= 11 is 0. The molecule has 0 radical (unpaired) electrons. The molecule has 3 aliphatic heterocycles. The Labute approximate surface area is 228 Å². The van der Waals surface area contributed by atoms with E-state index in [-0.39, 0.29) is 11.6 Å². The van der Waals surface area contributed by atoms with Crippen molar-refractivity contribution in [3.8, 4) is 16.9 Å². The van der Waals surface area contributed by atoms with E-state index in [9.17, 15) is 5.11 Å². The third-order valence-corrected chi connectivity index (χ3v) is 8.90. The molecule has 1 aromatic heterocycles. The van der Waals surface area contributed by atoms with Crippen molar-refractivity contribution in [1.29, 1.82) is 0 Å². The van der Waals surface area contributed by atoms with Crippen LogP contribution < -0.4 is 15.1 Å². The van der Waals surface area contributed by atoms with Gasteiger partial charge in [-0.05, 0) is 60.5 Å². The molecule has 0 amide bonds. The van der Waals surface area contributed by atoms with Crippen molar-refractivity contribution in [2.24, 2.45) is 0 Å². The molecule has 3 saturated heterocycles. The lowest BCUT2D eigenvalue weighted by Crippen LogP contribution is -2.60. The number of benzene rings is 3. The van der Waals surface area contributed by atoms with Gasteiger partial charge < -0.3 is 20.2 Å². The molecule has 0 aliphatic carbocycles. The number of fused-ring (bicyclic) bond motifs is 4. The van der Waals surface area contributed by atoms with Gasteiger partial charge in [-0.15, -0.1) is 0 Å². The number of piperazine rings is 1. The maximum absolute atomic E-state index is 16.6. The first-order chi connectivity index (χ1) is 19.0. The highest BCUT2D eigenvalue weighted by molar-refractivity contribution is 6.01. The second-order valence-corrected chi connectivity index (χ2v) is 11.2. The van der Waals surface area contributed by atoms with Crippen molar-refractivity contribution >= 4 is 33.4 Å². The zero-order chi connectivity index (χ0) is 26.7. The van der Waals surface area contributed by atoms with Crippen LogP contribution in [0.4, 0.5) is 16.2 Å². The molecule has 2 bridgehead atoms. The van der Waals surface area contributed by atoms with Crippen molar-refractivity contribution in [2.75, 3.05) is 49.1 Å². The third-order valence-electron chi connectivity index (χ3n) is 8.90. The standard InChI is InChI=1S/C31H35FN6O/c1-3-36(4-2)22-17-38(18-22)31-34-29-26(30(35-31)37-15-20-9-10-21(16-37)33-20)12-11-25(28(29)32)27-14-23(39)13-19-7-5-6-8-24(19)27/h5-8,11-14,20-22,33,39H,3-4,9-10,15-18H2,1-2H3/t20-,21+. The molecule has 2 atom stereocenters. The molecule has 0 saturated carbocycles. The Kier molecular flexibility index (Phi) is 6.05. The summed E-state index contributed by atoms with van der Waals surface area (Å²) in [4.78, 5) is 16.9. The fraction of sp³-hybridized carbons (Fsp3) is 0.419. The van der Waals surface area contributed by atoms with E-state index < -0.39 is 0 Å². The summed E-state index contributed by atoms with van der Waals surface area (Å²) in [6.07, 6.45) is 2.33. The van der Waals surface area contributed by atoms with Crippen LogP contribution >= 0.6 is 0 Å². The van der Waals surface area contributed by atoms with Gasteiger partial charge in [-0.1, -0.05) is 44.2 Å². The minimum atomic E-state index is -0.368. The van der Waals surface area contributed by atoms with Gasteiger partial charge in [-0.2, -0.15) is 4.98 Å². The van der Waals surface area contributed by atoms with Gasteiger partial charge in [0.2, 0.25) is 5.95 Å². The van der Waals surface area contributed by atoms with Gasteiger partial charge in [0.25, 0.3) is 0 Å². The van der Waals surface area contributed by atoms with Gasteiger partial charge in [0.15, 0.2) is 5.82 Å². The Morgan fingerprint density at radius 1 is 0.897 bits per heavy atom. The fourth-order valence-electron chi connectivity index (χ4n) is 6.80. The number of aromatic nitrogens is 2. The molecule has 3 aromatic carbocycles. The molecule has 2 N–H and O–H groups in total. The Bertz CT molecular complexity index is 1540. The van der Waals surface area contributed by atoms with Gasteiger partial charge in [-0.3, -0.25) is 4.90 Å². The summed E-state index contributed by atoms with van der Waals surface area (Å²) in [5.41, 5.74) is 1.45. The first kappa shape index (κ1) is 24.5. The third kappa shape index (κ3) is 4.17. The Balaban J connectivity index is 1.36. The van der Waals surface area contributed by atoms with Gasteiger partial charge >= 0.3 is 0 Å². The number of rotatable bonds is 6. The van der Waals surface area contributed by atoms with Crippen molar-refractivity contribution in [2.45, 2.75) is 44.8 Å². The molecule has 4 heterocycles. The lowest BCUT2D eigenvalue weighted by Gasteiger charge is -2.45. The zero-order valence-corrected chi connectivity index (χ0v) is 22.6. The van der Waals surface area contributed by atoms with Crippen LogP contribution in [0.3, 0.4) is 0 Å². The van der Waals surface area contributed by atoms with Crippen LogP contribution in [-0.4, -0.2) is 77.4 Å². The van der Waals surface area contributed by atoms with E-state index in [4.69, 9.17) is 9.97 Å². The zero-order valence-electron chi connectivity index (χ0n) is 22.6. The van der Waals surface area contributed by atoms with E-state index in [1.54, 1.807) is 12.1 Å². The lowest BCUT2D eigenvalue weighted by atomic mass is 9.96. The molecule has 0 spiro atoms. The second kappa shape index (κ2) is 9.61. The highest BCUT2D eigenvalue weighted by Gasteiger charge is 2.36. The maximum atomic E-state index is 16.6. The van der Waals surface area contributed by atoms with Crippen LogP contribution in [0.2, 0.25) is 0 Å². The van der Waals surface area contributed by atoms with Crippen molar-refractivity contribution < 1.29 is 9.50 Å². The van der Waals surface area contributed by atoms with Crippen LogP contribution in [0.5, 0.6) is 5.75 Å². The average molecular weight is 527 g/mol. The number of nitrogens with zero attached hydrogens (tertiary/aromatic N) is 5. The summed E-state index contributed by atoms with van der Waals surface area (Å²) < 4.78 is 16.6. The highest BCUT2D eigenvalue weighted by Crippen LogP contribution is 2.39. The molecule has 8 heteroatoms. The Hall–Kier alpha value is -3.49. The Morgan fingerprint density at radius 3 is 2.38 bits per heavy atom. The molecule has 202 valence electrons. The van der Waals surface area contributed by atoms with Crippen LogP contribution in [-0.2, 0) is 0 Å². The fourth-order valence-corrected chi connectivity index (χ4v) is 6.80. The topological polar surface area (TPSA) is 67.8 Å². The van der Waals surface area contributed by atoms with Crippen LogP contribution in [0.15, 0.2) is 48.5 Å². The number of nitrogens with one attached hydrogen (secondary N) is 1. The van der Waals surface area contributed by atoms with Gasteiger partial charge in [-0.25, -0.2) is 9.37 Å². The molecule has 3 aliphatic rings. The molecule has 0 unspecified atom stereocenters. The number of likely N-dealkylation sites (N-methyl/N-ethyl adjacent to an activating group) is 1. The summed E-state index contributed by atoms with van der Waals surface area (Å²) in [7, 11) is 0. The first-order valence-corrected chi connectivity index (χ1v) is 14.2. The molecular formula is C31H35FN6O. The van der Waals surface area contributed by atoms with Gasteiger partial charge in [0.1, 0.15) is 17.1 Å². The molecule has 7 nitrogen and oxygen atoms in total. The van der Waals surface area contributed by atoms with E-state index in [1.807, 2.05) is 36.4 Å². The molecule has 4 aromatic rings. The number of aromatic hydroxyl groups is 1. The summed E-state index contributed by atoms with van der Waals surface area (Å²) in [5, 5.41) is 16.6. The summed E-state index contributed by atoms with van der Waals surface area (Å²) in [5.74, 6) is 1.17. The van der Waals surface area contributed by atoms with Gasteiger partial charge in [0.05, 0.1) is 0 Å². The number of hydrogen-bond donors (Lipinski definition) is 2. The van der Waals surface area contributed by atoms with Crippen LogP contribution in [0.1, 0.15) is 26.7 Å². The number of hydrogen-bond acceptors (Lipinski definition) is 7. The summed E-state index contributed by atoms with van der Waals surface area (Å²) in [6, 6.07) is 16.3. The predicted octanol–water partition coefficient (Wildman–Crippen LogP) is 4.77. The number of halogens is 1. The van der Waals surface area contributed by atoms with Crippen molar-refractivity contribution in [1.82, 2.24) is 20.2 Å². The smallest absolute Gasteiger partial charge is 0.228 e. The number of phenols is 1. The SMILES string of the molecule is CCN(CC)C1CN(c2nc(N3C[C@H]4CC[C@@H](C3)N4)c3ccc(-c4cc(O)cc5ccccc45)c(F)c3n2)C1. The maximum Gasteiger partial charge on any atom is 0.228 e. The molecule has 39 heavy (non-hydrogen) atoms. The normalized spacial score (nSPS) is 21.3. The number of anilines is 2. The lowest BCUT2D eigenvalue weighted by molar-refractivity contribution is 0.182. The van der Waals surface area contributed by atoms with E-state index in [2.05, 4.69) is 33.9 Å². The minimum absolute atomic E-state index is 0.117. The molecule has 3 fully saturated rings. The minimum Gasteiger partial charge on any atom is -0.508 e. The van der Waals surface area contributed by atoms with E-state index >= 15 is 4.39 Å². The van der Waals surface area contributed by atoms with Crippen molar-refractivity contribution in [3.63, 3.8) is 0 Å².